The van der Waals surface area contributed by atoms with Gasteiger partial charge in [0.05, 0.1) is 12.5 Å². The SMILES string of the molecule is O=C(O)N1CCC(N2CCC(N3C(=O)C(C4CCOC4)C4=C3CCCC4)CC2)CC1. The molecular weight excluding hydrogens is 382 g/mol. The van der Waals surface area contributed by atoms with Crippen molar-refractivity contribution in [1.82, 2.24) is 14.7 Å². The topological polar surface area (TPSA) is 73.3 Å². The highest BCUT2D eigenvalue weighted by molar-refractivity contribution is 5.88. The lowest BCUT2D eigenvalue weighted by Gasteiger charge is -2.43. The molecule has 2 amide bonds. The van der Waals surface area contributed by atoms with Crippen molar-refractivity contribution in [2.24, 2.45) is 11.8 Å². The number of likely N-dealkylation sites (tertiary alicyclic amines) is 2. The van der Waals surface area contributed by atoms with Gasteiger partial charge in [0, 0.05) is 50.6 Å². The highest BCUT2D eigenvalue weighted by atomic mass is 16.5. The maximum Gasteiger partial charge on any atom is 0.407 e. The standard InChI is InChI=1S/C23H35N3O4/c27-22-21(16-9-14-30-15-16)19-3-1-2-4-20(19)26(22)18-7-10-24(11-8-18)17-5-12-25(13-6-17)23(28)29/h16-18,21H,1-15H2,(H,28,29). The van der Waals surface area contributed by atoms with Crippen molar-refractivity contribution in [3.8, 4) is 0 Å². The van der Waals surface area contributed by atoms with E-state index in [9.17, 15) is 14.7 Å². The van der Waals surface area contributed by atoms with Crippen molar-refractivity contribution in [1.29, 1.82) is 0 Å². The van der Waals surface area contributed by atoms with Gasteiger partial charge in [-0.15, -0.1) is 0 Å². The van der Waals surface area contributed by atoms with Gasteiger partial charge in [-0.25, -0.2) is 4.79 Å². The van der Waals surface area contributed by atoms with Crippen molar-refractivity contribution in [3.05, 3.63) is 11.3 Å². The van der Waals surface area contributed by atoms with Gasteiger partial charge in [-0.2, -0.15) is 0 Å². The summed E-state index contributed by atoms with van der Waals surface area (Å²) in [5.41, 5.74) is 2.82. The maximum atomic E-state index is 13.6. The monoisotopic (exact) mass is 417 g/mol. The third-order valence-corrected chi connectivity index (χ3v) is 8.20. The Morgan fingerprint density at radius 3 is 2.30 bits per heavy atom. The summed E-state index contributed by atoms with van der Waals surface area (Å²) in [7, 11) is 0. The lowest BCUT2D eigenvalue weighted by Crippen LogP contribution is -2.52. The van der Waals surface area contributed by atoms with Gasteiger partial charge in [0.1, 0.15) is 0 Å². The van der Waals surface area contributed by atoms with Crippen LogP contribution >= 0.6 is 0 Å². The fraction of sp³-hybridized carbons (Fsp3) is 0.826. The maximum absolute atomic E-state index is 13.6. The lowest BCUT2D eigenvalue weighted by atomic mass is 9.81. The average molecular weight is 418 g/mol. The summed E-state index contributed by atoms with van der Waals surface area (Å²) in [6.07, 6.45) is 8.75. The Bertz CT molecular complexity index is 701. The summed E-state index contributed by atoms with van der Waals surface area (Å²) in [5.74, 6) is 0.830. The van der Waals surface area contributed by atoms with Gasteiger partial charge < -0.3 is 24.5 Å². The molecule has 0 aromatic rings. The van der Waals surface area contributed by atoms with Crippen LogP contribution in [0.1, 0.15) is 57.8 Å². The van der Waals surface area contributed by atoms with Crippen LogP contribution in [0.4, 0.5) is 4.79 Å². The Morgan fingerprint density at radius 2 is 1.63 bits per heavy atom. The zero-order chi connectivity index (χ0) is 20.7. The fourth-order valence-corrected chi connectivity index (χ4v) is 6.59. The molecule has 0 aromatic carbocycles. The lowest BCUT2D eigenvalue weighted by molar-refractivity contribution is -0.134. The molecule has 1 N–H and O–H groups in total. The molecule has 0 radical (unpaired) electrons. The van der Waals surface area contributed by atoms with Crippen molar-refractivity contribution in [2.45, 2.75) is 69.9 Å². The number of carboxylic acid groups (broad SMARTS) is 1. The zero-order valence-corrected chi connectivity index (χ0v) is 17.9. The minimum absolute atomic E-state index is 0.0844. The van der Waals surface area contributed by atoms with E-state index in [1.165, 1.54) is 29.0 Å². The molecule has 0 aromatic heterocycles. The molecule has 0 saturated carbocycles. The number of piperidine rings is 2. The average Bonchev–Trinajstić information content (AvgIpc) is 3.39. The minimum atomic E-state index is -0.793. The second-order valence-electron chi connectivity index (χ2n) is 9.76. The Hall–Kier alpha value is -1.60. The number of hydrogen-bond acceptors (Lipinski definition) is 4. The number of hydrogen-bond donors (Lipinski definition) is 1. The van der Waals surface area contributed by atoms with Gasteiger partial charge in [0.25, 0.3) is 0 Å². The Kier molecular flexibility index (Phi) is 5.75. The summed E-state index contributed by atoms with van der Waals surface area (Å²) in [5, 5.41) is 9.17. The van der Waals surface area contributed by atoms with Crippen LogP contribution in [0.2, 0.25) is 0 Å². The predicted octanol–water partition coefficient (Wildman–Crippen LogP) is 2.92. The van der Waals surface area contributed by atoms with Crippen LogP contribution in [0.15, 0.2) is 11.3 Å². The van der Waals surface area contributed by atoms with E-state index in [4.69, 9.17) is 4.74 Å². The van der Waals surface area contributed by atoms with Crippen molar-refractivity contribution in [2.75, 3.05) is 39.4 Å². The molecule has 166 valence electrons. The molecule has 4 aliphatic heterocycles. The predicted molar refractivity (Wildman–Crippen MR) is 112 cm³/mol. The summed E-state index contributed by atoms with van der Waals surface area (Å²) in [6.45, 7) is 4.88. The number of rotatable bonds is 3. The largest absolute Gasteiger partial charge is 0.465 e. The number of allylic oxidation sites excluding steroid dienone is 1. The van der Waals surface area contributed by atoms with E-state index in [1.54, 1.807) is 0 Å². The molecule has 2 unspecified atom stereocenters. The molecule has 5 rings (SSSR count). The molecule has 0 bridgehead atoms. The van der Waals surface area contributed by atoms with Gasteiger partial charge in [-0.05, 0) is 69.3 Å². The van der Waals surface area contributed by atoms with E-state index >= 15 is 0 Å². The minimum Gasteiger partial charge on any atom is -0.465 e. The molecule has 7 heteroatoms. The molecule has 1 aliphatic carbocycles. The summed E-state index contributed by atoms with van der Waals surface area (Å²) >= 11 is 0. The molecule has 0 spiro atoms. The van der Waals surface area contributed by atoms with Crippen LogP contribution in [-0.4, -0.2) is 83.3 Å². The highest BCUT2D eigenvalue weighted by Gasteiger charge is 2.47. The van der Waals surface area contributed by atoms with Crippen LogP contribution in [0.3, 0.4) is 0 Å². The molecular formula is C23H35N3O4. The first-order valence-corrected chi connectivity index (χ1v) is 12.0. The summed E-state index contributed by atoms with van der Waals surface area (Å²) < 4.78 is 5.64. The van der Waals surface area contributed by atoms with E-state index in [0.717, 1.165) is 71.2 Å². The first-order valence-electron chi connectivity index (χ1n) is 12.0. The van der Waals surface area contributed by atoms with Crippen molar-refractivity contribution >= 4 is 12.0 Å². The van der Waals surface area contributed by atoms with E-state index in [0.29, 0.717) is 37.0 Å². The Morgan fingerprint density at radius 1 is 0.933 bits per heavy atom. The first kappa shape index (κ1) is 20.3. The normalized spacial score (nSPS) is 32.2. The van der Waals surface area contributed by atoms with Crippen LogP contribution in [0.5, 0.6) is 0 Å². The third kappa shape index (κ3) is 3.64. The number of carbonyl (C=O) groups excluding carboxylic acids is 1. The number of amides is 2. The van der Waals surface area contributed by atoms with Gasteiger partial charge >= 0.3 is 6.09 Å². The quantitative estimate of drug-likeness (QED) is 0.764. The zero-order valence-electron chi connectivity index (χ0n) is 17.9. The first-order chi connectivity index (χ1) is 14.6. The second-order valence-corrected chi connectivity index (χ2v) is 9.76. The second kappa shape index (κ2) is 8.50. The van der Waals surface area contributed by atoms with Crippen molar-refractivity contribution < 1.29 is 19.4 Å². The van der Waals surface area contributed by atoms with Crippen molar-refractivity contribution in [3.63, 3.8) is 0 Å². The van der Waals surface area contributed by atoms with Crippen LogP contribution in [0.25, 0.3) is 0 Å². The Balaban J connectivity index is 1.23. The summed E-state index contributed by atoms with van der Waals surface area (Å²) in [4.78, 5) is 31.1. The van der Waals surface area contributed by atoms with Gasteiger partial charge in [-0.3, -0.25) is 4.79 Å². The van der Waals surface area contributed by atoms with E-state index < -0.39 is 6.09 Å². The van der Waals surface area contributed by atoms with Crippen LogP contribution in [0, 0.1) is 11.8 Å². The van der Waals surface area contributed by atoms with Crippen LogP contribution < -0.4 is 0 Å². The molecule has 4 heterocycles. The molecule has 3 fully saturated rings. The van der Waals surface area contributed by atoms with E-state index in [1.807, 2.05) is 0 Å². The van der Waals surface area contributed by atoms with E-state index in [2.05, 4.69) is 9.80 Å². The fourth-order valence-electron chi connectivity index (χ4n) is 6.59. The van der Waals surface area contributed by atoms with Gasteiger partial charge in [0.2, 0.25) is 5.91 Å². The molecule has 2 atom stereocenters. The van der Waals surface area contributed by atoms with Gasteiger partial charge in [-0.1, -0.05) is 0 Å². The van der Waals surface area contributed by atoms with Crippen LogP contribution in [-0.2, 0) is 9.53 Å². The highest BCUT2D eigenvalue weighted by Crippen LogP contribution is 2.46. The Labute approximate surface area is 179 Å². The number of carbonyl (C=O) groups is 2. The smallest absolute Gasteiger partial charge is 0.407 e. The van der Waals surface area contributed by atoms with Gasteiger partial charge in [0.15, 0.2) is 0 Å². The molecule has 7 nitrogen and oxygen atoms in total. The molecule has 3 saturated heterocycles. The van der Waals surface area contributed by atoms with E-state index in [-0.39, 0.29) is 5.92 Å². The molecule has 5 aliphatic rings. The molecule has 30 heavy (non-hydrogen) atoms. The summed E-state index contributed by atoms with van der Waals surface area (Å²) in [6, 6.07) is 0.826. The number of nitrogens with zero attached hydrogens (tertiary/aromatic N) is 3. The third-order valence-electron chi connectivity index (χ3n) is 8.20. The number of ether oxygens (including phenoxy) is 1.